The van der Waals surface area contributed by atoms with Crippen LogP contribution in [0.5, 0.6) is 0 Å². The van der Waals surface area contributed by atoms with Crippen molar-refractivity contribution in [1.29, 1.82) is 0 Å². The number of rotatable bonds is 6. The van der Waals surface area contributed by atoms with E-state index in [9.17, 15) is 27.0 Å². The molecule has 0 fully saturated rings. The Kier molecular flexibility index (Phi) is 6.84. The molecule has 2 unspecified atom stereocenters. The molecule has 2 atom stereocenters. The number of aromatic carboxylic acids is 1. The molecule has 2 rings (SSSR count). The fourth-order valence-corrected chi connectivity index (χ4v) is 3.46. The van der Waals surface area contributed by atoms with Gasteiger partial charge < -0.3 is 10.4 Å². The molecule has 0 saturated heterocycles. The Morgan fingerprint density at radius 1 is 1.21 bits per heavy atom. The molecule has 2 N–H and O–H groups in total. The fraction of sp³-hybridized carbons (Fsp3) is 0.222. The van der Waals surface area contributed by atoms with Crippen molar-refractivity contribution in [3.63, 3.8) is 0 Å². The normalized spacial score (nSPS) is 13.6. The largest absolute Gasteiger partial charge is 0.478 e. The fourth-order valence-electron chi connectivity index (χ4n) is 2.23. The third kappa shape index (κ3) is 5.56. The number of nitrogens with one attached hydrogen (secondary N) is 1. The molecule has 0 aliphatic heterocycles. The summed E-state index contributed by atoms with van der Waals surface area (Å²) in [4.78, 5) is 23.3. The van der Waals surface area contributed by atoms with Crippen LogP contribution < -0.4 is 5.32 Å². The molecular formula is C18H15ClF3NO4S. The summed E-state index contributed by atoms with van der Waals surface area (Å²) in [6.07, 6.45) is -4.60. The van der Waals surface area contributed by atoms with Crippen molar-refractivity contribution < 1.29 is 32.1 Å². The molecule has 2 aromatic rings. The SMILES string of the molecule is CC(C(=O)Nc1cc(C(F)(F)F)ccc1Cl)S(=O)Cc1cccc(C(=O)O)c1. The van der Waals surface area contributed by atoms with E-state index in [1.54, 1.807) is 6.07 Å². The maximum Gasteiger partial charge on any atom is 0.416 e. The topological polar surface area (TPSA) is 83.5 Å². The number of hydrogen-bond acceptors (Lipinski definition) is 3. The van der Waals surface area contributed by atoms with E-state index in [0.29, 0.717) is 11.6 Å². The van der Waals surface area contributed by atoms with Crippen molar-refractivity contribution in [1.82, 2.24) is 0 Å². The maximum absolute atomic E-state index is 12.8. The predicted molar refractivity (Wildman–Crippen MR) is 99.8 cm³/mol. The van der Waals surface area contributed by atoms with Crippen molar-refractivity contribution in [2.45, 2.75) is 24.1 Å². The molecule has 28 heavy (non-hydrogen) atoms. The highest BCUT2D eigenvalue weighted by Crippen LogP contribution is 2.33. The van der Waals surface area contributed by atoms with Gasteiger partial charge in [-0.15, -0.1) is 0 Å². The first-order valence-electron chi connectivity index (χ1n) is 7.86. The molecule has 0 aromatic heterocycles. The van der Waals surface area contributed by atoms with Crippen molar-refractivity contribution in [3.05, 3.63) is 64.2 Å². The van der Waals surface area contributed by atoms with E-state index in [1.807, 2.05) is 0 Å². The average molecular weight is 434 g/mol. The van der Waals surface area contributed by atoms with Crippen LogP contribution in [0.15, 0.2) is 42.5 Å². The Bertz CT molecular complexity index is 933. The Balaban J connectivity index is 2.11. The maximum atomic E-state index is 12.8. The van der Waals surface area contributed by atoms with E-state index in [0.717, 1.165) is 12.1 Å². The first kappa shape index (κ1) is 21.9. The second-order valence-electron chi connectivity index (χ2n) is 5.85. The highest BCUT2D eigenvalue weighted by molar-refractivity contribution is 7.85. The van der Waals surface area contributed by atoms with Gasteiger partial charge in [0.05, 0.1) is 21.8 Å². The van der Waals surface area contributed by atoms with Crippen LogP contribution in [0, 0.1) is 0 Å². The summed E-state index contributed by atoms with van der Waals surface area (Å²) in [7, 11) is -1.74. The van der Waals surface area contributed by atoms with Crippen LogP contribution in [0.4, 0.5) is 18.9 Å². The Morgan fingerprint density at radius 2 is 1.89 bits per heavy atom. The molecule has 10 heteroatoms. The van der Waals surface area contributed by atoms with E-state index < -0.39 is 39.7 Å². The van der Waals surface area contributed by atoms with Crippen LogP contribution in [0.2, 0.25) is 5.02 Å². The predicted octanol–water partition coefficient (Wildman–Crippen LogP) is 4.33. The van der Waals surface area contributed by atoms with E-state index in [1.165, 1.54) is 25.1 Å². The molecule has 1 amide bonds. The second kappa shape index (κ2) is 8.74. The zero-order valence-corrected chi connectivity index (χ0v) is 16.0. The molecule has 0 bridgehead atoms. The van der Waals surface area contributed by atoms with Gasteiger partial charge in [0.2, 0.25) is 5.91 Å². The number of carbonyl (C=O) groups excluding carboxylic acids is 1. The standard InChI is InChI=1S/C18H15ClF3NO4S/c1-10(28(27)9-11-3-2-4-12(7-11)17(25)26)16(24)23-15-8-13(18(20,21)22)5-6-14(15)19/h2-8,10H,9H2,1H3,(H,23,24)(H,25,26). The molecule has 5 nitrogen and oxygen atoms in total. The summed E-state index contributed by atoms with van der Waals surface area (Å²) in [5.41, 5.74) is -0.748. The van der Waals surface area contributed by atoms with E-state index in [4.69, 9.17) is 16.7 Å². The van der Waals surface area contributed by atoms with Gasteiger partial charge in [0.15, 0.2) is 0 Å². The zero-order chi connectivity index (χ0) is 21.1. The van der Waals surface area contributed by atoms with Gasteiger partial charge in [-0.2, -0.15) is 13.2 Å². The minimum Gasteiger partial charge on any atom is -0.478 e. The minimum absolute atomic E-state index is 0.0161. The van der Waals surface area contributed by atoms with Crippen LogP contribution in [0.25, 0.3) is 0 Å². The van der Waals surface area contributed by atoms with Gasteiger partial charge in [0.25, 0.3) is 0 Å². The number of anilines is 1. The average Bonchev–Trinajstić information content (AvgIpc) is 2.62. The van der Waals surface area contributed by atoms with E-state index in [2.05, 4.69) is 5.32 Å². The van der Waals surface area contributed by atoms with Crippen LogP contribution in [0.3, 0.4) is 0 Å². The lowest BCUT2D eigenvalue weighted by Crippen LogP contribution is -2.30. The van der Waals surface area contributed by atoms with Crippen LogP contribution in [-0.2, 0) is 27.5 Å². The number of halogens is 4. The molecule has 0 aliphatic rings. The second-order valence-corrected chi connectivity index (χ2v) is 8.02. The number of amides is 1. The minimum atomic E-state index is -4.60. The van der Waals surface area contributed by atoms with E-state index in [-0.39, 0.29) is 22.0 Å². The van der Waals surface area contributed by atoms with Crippen molar-refractivity contribution in [2.24, 2.45) is 0 Å². The van der Waals surface area contributed by atoms with Gasteiger partial charge >= 0.3 is 12.1 Å². The third-order valence-electron chi connectivity index (χ3n) is 3.80. The molecule has 0 heterocycles. The van der Waals surface area contributed by atoms with E-state index >= 15 is 0 Å². The quantitative estimate of drug-likeness (QED) is 0.710. The van der Waals surface area contributed by atoms with Gasteiger partial charge in [-0.25, -0.2) is 4.79 Å². The summed E-state index contributed by atoms with van der Waals surface area (Å²) >= 11 is 5.84. The lowest BCUT2D eigenvalue weighted by molar-refractivity contribution is -0.137. The molecule has 150 valence electrons. The number of carbonyl (C=O) groups is 2. The highest BCUT2D eigenvalue weighted by atomic mass is 35.5. The lowest BCUT2D eigenvalue weighted by atomic mass is 10.1. The number of carboxylic acid groups (broad SMARTS) is 1. The highest BCUT2D eigenvalue weighted by Gasteiger charge is 2.31. The van der Waals surface area contributed by atoms with Crippen LogP contribution >= 0.6 is 11.6 Å². The molecule has 0 aliphatic carbocycles. The Hall–Kier alpha value is -2.39. The molecular weight excluding hydrogens is 419 g/mol. The smallest absolute Gasteiger partial charge is 0.416 e. The number of hydrogen-bond donors (Lipinski definition) is 2. The van der Waals surface area contributed by atoms with Crippen LogP contribution in [0.1, 0.15) is 28.4 Å². The summed E-state index contributed by atoms with van der Waals surface area (Å²) in [5.74, 6) is -2.00. The third-order valence-corrected chi connectivity index (χ3v) is 5.75. The van der Waals surface area contributed by atoms with Gasteiger partial charge in [0, 0.05) is 16.6 Å². The molecule has 0 spiro atoms. The zero-order valence-electron chi connectivity index (χ0n) is 14.4. The summed E-state index contributed by atoms with van der Waals surface area (Å²) in [5, 5.41) is 10.1. The Morgan fingerprint density at radius 3 is 2.50 bits per heavy atom. The van der Waals surface area contributed by atoms with Crippen molar-refractivity contribution >= 4 is 40.0 Å². The summed E-state index contributed by atoms with van der Waals surface area (Å²) in [6, 6.07) is 8.27. The van der Waals surface area contributed by atoms with Crippen molar-refractivity contribution in [3.8, 4) is 0 Å². The van der Waals surface area contributed by atoms with Gasteiger partial charge in [-0.1, -0.05) is 23.7 Å². The van der Waals surface area contributed by atoms with Gasteiger partial charge in [-0.05, 0) is 42.8 Å². The Labute approximate surface area is 166 Å². The van der Waals surface area contributed by atoms with Crippen molar-refractivity contribution in [2.75, 3.05) is 5.32 Å². The number of carboxylic acids is 1. The lowest BCUT2D eigenvalue weighted by Gasteiger charge is -2.15. The first-order valence-corrected chi connectivity index (χ1v) is 9.62. The summed E-state index contributed by atoms with van der Waals surface area (Å²) in [6.45, 7) is 1.36. The molecule has 0 radical (unpaired) electrons. The monoisotopic (exact) mass is 433 g/mol. The van der Waals surface area contributed by atoms with Gasteiger partial charge in [0.1, 0.15) is 5.25 Å². The molecule has 2 aromatic carbocycles. The number of benzene rings is 2. The first-order chi connectivity index (χ1) is 13.0. The summed E-state index contributed by atoms with van der Waals surface area (Å²) < 4.78 is 50.9. The van der Waals surface area contributed by atoms with Gasteiger partial charge in [-0.3, -0.25) is 9.00 Å². The molecule has 0 saturated carbocycles. The number of alkyl halides is 3. The van der Waals surface area contributed by atoms with Crippen LogP contribution in [-0.4, -0.2) is 26.4 Å².